The smallest absolute Gasteiger partial charge is 0.872 e. The van der Waals surface area contributed by atoms with E-state index in [1.807, 2.05) is 6.07 Å². The van der Waals surface area contributed by atoms with Crippen molar-refractivity contribution < 1.29 is 20.2 Å². The predicted octanol–water partition coefficient (Wildman–Crippen LogP) is -2.30. The van der Waals surface area contributed by atoms with Gasteiger partial charge in [-0.15, -0.1) is 5.75 Å². The third kappa shape index (κ3) is 12.9. The van der Waals surface area contributed by atoms with Crippen LogP contribution in [0.15, 0.2) is 30.3 Å². The van der Waals surface area contributed by atoms with Gasteiger partial charge in [0.15, 0.2) is 0 Å². The summed E-state index contributed by atoms with van der Waals surface area (Å²) >= 11 is 0. The van der Waals surface area contributed by atoms with Crippen molar-refractivity contribution in [3.8, 4) is 5.75 Å². The van der Waals surface area contributed by atoms with Gasteiger partial charge in [-0.3, -0.25) is 0 Å². The van der Waals surface area contributed by atoms with E-state index in [1.165, 1.54) is 12.1 Å². The molecule has 60 valence electrons. The molecule has 0 aliphatic rings. The third-order valence-corrected chi connectivity index (χ3v) is 0.743. The van der Waals surface area contributed by atoms with Gasteiger partial charge in [-0.1, -0.05) is 30.3 Å². The number of hydrogen-bond acceptors (Lipinski definition) is 4. The molecule has 0 bridgehead atoms. The van der Waals surface area contributed by atoms with Crippen molar-refractivity contribution in [1.82, 2.24) is 0 Å². The van der Waals surface area contributed by atoms with Crippen LogP contribution in [-0.2, 0) is 0 Å². The van der Waals surface area contributed by atoms with Crippen molar-refractivity contribution in [2.24, 2.45) is 0 Å². The zero-order valence-corrected chi connectivity index (χ0v) is 8.59. The molecule has 0 radical (unpaired) electrons. The topological polar surface area (TPSA) is 86.6 Å². The molecule has 1 aromatic carbocycles. The van der Waals surface area contributed by atoms with E-state index < -0.39 is 7.32 Å². The molecule has 0 atom stereocenters. The first-order valence-electron chi connectivity index (χ1n) is 2.87. The van der Waals surface area contributed by atoms with Crippen LogP contribution in [0.2, 0.25) is 0 Å². The van der Waals surface area contributed by atoms with Crippen LogP contribution in [0.25, 0.3) is 0 Å². The van der Waals surface area contributed by atoms with Crippen LogP contribution in [0.4, 0.5) is 0 Å². The Morgan fingerprint density at radius 3 is 1.58 bits per heavy atom. The van der Waals surface area contributed by atoms with Crippen molar-refractivity contribution in [3.63, 3.8) is 0 Å². The molecule has 0 amide bonds. The van der Waals surface area contributed by atoms with Gasteiger partial charge in [0.1, 0.15) is 0 Å². The first kappa shape index (κ1) is 14.7. The second kappa shape index (κ2) is 9.31. The zero-order chi connectivity index (χ0) is 8.69. The van der Waals surface area contributed by atoms with Gasteiger partial charge in [-0.25, -0.2) is 0 Å². The van der Waals surface area contributed by atoms with Crippen LogP contribution in [0.5, 0.6) is 5.75 Å². The molecule has 0 aromatic heterocycles. The summed E-state index contributed by atoms with van der Waals surface area (Å²) in [6, 6.07) is 8.33. The normalized spacial score (nSPS) is 7.25. The molecule has 0 fully saturated rings. The average Bonchev–Trinajstić information content (AvgIpc) is 1.87. The van der Waals surface area contributed by atoms with E-state index in [2.05, 4.69) is 0 Å². The van der Waals surface area contributed by atoms with E-state index in [9.17, 15) is 5.11 Å². The quantitative estimate of drug-likeness (QED) is 0.454. The molecule has 1 aromatic rings. The third-order valence-electron chi connectivity index (χ3n) is 0.743. The van der Waals surface area contributed by atoms with Gasteiger partial charge in [-0.2, -0.15) is 0 Å². The first-order chi connectivity index (χ1) is 5.13. The van der Waals surface area contributed by atoms with Crippen molar-refractivity contribution in [3.05, 3.63) is 30.3 Å². The molecule has 0 heterocycles. The zero-order valence-electron chi connectivity index (χ0n) is 6.38. The number of rotatable bonds is 0. The Kier molecular flexibility index (Phi) is 11.4. The second-order valence-electron chi connectivity index (χ2n) is 1.64. The number of benzene rings is 1. The molecule has 4 nitrogen and oxygen atoms in total. The fourth-order valence-corrected chi connectivity index (χ4v) is 0.420. The summed E-state index contributed by atoms with van der Waals surface area (Å²) < 4.78 is 0. The number of para-hydroxylation sites is 1. The van der Waals surface area contributed by atoms with Gasteiger partial charge in [0, 0.05) is 0 Å². The van der Waals surface area contributed by atoms with Crippen LogP contribution in [0.1, 0.15) is 0 Å². The van der Waals surface area contributed by atoms with E-state index in [1.54, 1.807) is 12.1 Å². The number of hydrogen-bond donors (Lipinski definition) is 2. The van der Waals surface area contributed by atoms with E-state index >= 15 is 0 Å². The molecular weight excluding hydrogens is 187 g/mol. The summed E-state index contributed by atoms with van der Waals surface area (Å²) in [5.74, 6) is 0.0718. The first-order valence-corrected chi connectivity index (χ1v) is 2.87. The van der Waals surface area contributed by atoms with Crippen LogP contribution >= 0.6 is 0 Å². The molecule has 0 saturated carbocycles. The maximum Gasteiger partial charge on any atom is 2.00 e. The molecule has 0 aliphatic carbocycles. The maximum absolute atomic E-state index is 10.3. The van der Waals surface area contributed by atoms with Crippen molar-refractivity contribution >= 4 is 45.1 Å². The van der Waals surface area contributed by atoms with E-state index in [0.717, 1.165) is 0 Å². The van der Waals surface area contributed by atoms with Crippen LogP contribution in [-0.4, -0.2) is 55.1 Å². The average molecular weight is 194 g/mol. The van der Waals surface area contributed by atoms with Crippen molar-refractivity contribution in [2.75, 3.05) is 0 Å². The summed E-state index contributed by atoms with van der Waals surface area (Å²) in [4.78, 5) is 0. The Labute approximate surface area is 101 Å². The van der Waals surface area contributed by atoms with Crippen molar-refractivity contribution in [2.45, 2.75) is 0 Å². The van der Waals surface area contributed by atoms with Gasteiger partial charge in [0.25, 0.3) is 0 Å². The van der Waals surface area contributed by atoms with Gasteiger partial charge >= 0.3 is 45.1 Å². The van der Waals surface area contributed by atoms with Gasteiger partial charge in [0.2, 0.25) is 0 Å². The summed E-state index contributed by atoms with van der Waals surface area (Å²) in [5.41, 5.74) is 0. The monoisotopic (exact) mass is 194 g/mol. The molecule has 0 saturated heterocycles. The molecule has 1 rings (SSSR count). The maximum atomic E-state index is 10.3. The molecule has 2 N–H and O–H groups in total. The SMILES string of the molecule is [Ca+2].[O-]B(O)O.[O-]c1ccccc1. The van der Waals surface area contributed by atoms with Crippen LogP contribution in [0.3, 0.4) is 0 Å². The molecule has 6 heteroatoms. The summed E-state index contributed by atoms with van der Waals surface area (Å²) in [6.07, 6.45) is 0. The summed E-state index contributed by atoms with van der Waals surface area (Å²) in [5, 5.41) is 33.0. The molecule has 0 spiro atoms. The summed E-state index contributed by atoms with van der Waals surface area (Å²) in [6.45, 7) is 0. The minimum atomic E-state index is -2.42. The van der Waals surface area contributed by atoms with E-state index in [4.69, 9.17) is 15.1 Å². The standard InChI is InChI=1S/C6H6O.BH2O3.Ca/c7-6-4-2-1-3-5-6;2-1(3)4;/h1-5,7H;2-3H;/q;-1;+2/p-1. The van der Waals surface area contributed by atoms with Gasteiger partial charge in [0.05, 0.1) is 0 Å². The second-order valence-corrected chi connectivity index (χ2v) is 1.64. The predicted molar refractivity (Wildman–Crippen MR) is 41.8 cm³/mol. The molecule has 0 aliphatic heterocycles. The fraction of sp³-hybridized carbons (Fsp3) is 0. The summed E-state index contributed by atoms with van der Waals surface area (Å²) in [7, 11) is -2.42. The Bertz CT molecular complexity index is 179. The Morgan fingerprint density at radius 2 is 1.42 bits per heavy atom. The Hall–Kier alpha value is 0.225. The Balaban J connectivity index is 0. The fourth-order valence-electron chi connectivity index (χ4n) is 0.420. The van der Waals surface area contributed by atoms with E-state index in [0.29, 0.717) is 0 Å². The van der Waals surface area contributed by atoms with Gasteiger partial charge in [-0.05, 0) is 0 Å². The Morgan fingerprint density at radius 1 is 1.08 bits per heavy atom. The molecule has 0 unspecified atom stereocenters. The van der Waals surface area contributed by atoms with Crippen molar-refractivity contribution in [1.29, 1.82) is 0 Å². The molecular formula is C6H7BCaO4. The minimum Gasteiger partial charge on any atom is -0.872 e. The van der Waals surface area contributed by atoms with Crippen LogP contribution < -0.4 is 10.1 Å². The van der Waals surface area contributed by atoms with E-state index in [-0.39, 0.29) is 43.5 Å². The van der Waals surface area contributed by atoms with Gasteiger partial charge < -0.3 is 20.2 Å². The molecule has 12 heavy (non-hydrogen) atoms. The largest absolute Gasteiger partial charge is 2.00 e. The van der Waals surface area contributed by atoms with Crippen LogP contribution in [0, 0.1) is 0 Å². The minimum absolute atomic E-state index is 0.